The van der Waals surface area contributed by atoms with E-state index in [0.29, 0.717) is 6.42 Å². The van der Waals surface area contributed by atoms with Gasteiger partial charge in [0.2, 0.25) is 11.8 Å². The minimum Gasteiger partial charge on any atom is -0.357 e. The van der Waals surface area contributed by atoms with Crippen LogP contribution in [0.15, 0.2) is 89.8 Å². The van der Waals surface area contributed by atoms with Crippen LogP contribution in [0, 0.1) is 0 Å². The van der Waals surface area contributed by atoms with Gasteiger partial charge in [-0.15, -0.1) is 0 Å². The molecule has 1 aliphatic rings. The van der Waals surface area contributed by atoms with E-state index in [-0.39, 0.29) is 48.2 Å². The molecule has 37 heavy (non-hydrogen) atoms. The lowest BCUT2D eigenvalue weighted by Gasteiger charge is -2.31. The van der Waals surface area contributed by atoms with E-state index in [4.69, 9.17) is 0 Å². The van der Waals surface area contributed by atoms with Gasteiger partial charge in [-0.1, -0.05) is 72.8 Å². The highest BCUT2D eigenvalue weighted by Gasteiger charge is 2.40. The highest BCUT2D eigenvalue weighted by atomic mass is 32.2. The van der Waals surface area contributed by atoms with Gasteiger partial charge in [-0.2, -0.15) is 0 Å². The molecule has 0 saturated heterocycles. The van der Waals surface area contributed by atoms with Gasteiger partial charge in [0, 0.05) is 33.0 Å². The summed E-state index contributed by atoms with van der Waals surface area (Å²) in [5.74, 6) is -1.17. The molecule has 3 amide bonds. The summed E-state index contributed by atoms with van der Waals surface area (Å²) in [6.45, 7) is 0.0983. The second-order valence-electron chi connectivity index (χ2n) is 8.81. The van der Waals surface area contributed by atoms with Gasteiger partial charge < -0.3 is 10.2 Å². The number of nitrogens with zero attached hydrogens (tertiary/aromatic N) is 2. The quantitative estimate of drug-likeness (QED) is 0.444. The summed E-state index contributed by atoms with van der Waals surface area (Å²) in [6.07, 6.45) is 0.438. The third kappa shape index (κ3) is 5.72. The summed E-state index contributed by atoms with van der Waals surface area (Å²) >= 11 is 0. The topological polar surface area (TPSA) is 104 Å². The average molecular weight is 520 g/mol. The van der Waals surface area contributed by atoms with Crippen LogP contribution in [0.1, 0.15) is 34.3 Å². The summed E-state index contributed by atoms with van der Waals surface area (Å²) < 4.78 is 26.5. The van der Waals surface area contributed by atoms with Crippen LogP contribution in [0.2, 0.25) is 0 Å². The van der Waals surface area contributed by atoms with Gasteiger partial charge in [0.25, 0.3) is 15.9 Å². The Balaban J connectivity index is 1.52. The van der Waals surface area contributed by atoms with Crippen molar-refractivity contribution in [2.75, 3.05) is 13.6 Å². The number of fused-ring (bicyclic) bond motifs is 1. The predicted octanol–water partition coefficient (Wildman–Crippen LogP) is 3.00. The molecule has 1 heterocycles. The number of hydrogen-bond donors (Lipinski definition) is 1. The first-order valence-corrected chi connectivity index (χ1v) is 13.5. The fraction of sp³-hybridized carbons (Fsp3) is 0.250. The number of carbonyl (C=O) groups excluding carboxylic acids is 3. The number of hydrogen-bond acceptors (Lipinski definition) is 5. The molecule has 9 heteroatoms. The van der Waals surface area contributed by atoms with Gasteiger partial charge in [-0.05, 0) is 29.7 Å². The molecule has 3 aromatic rings. The Hall–Kier alpha value is -3.98. The molecule has 0 bridgehead atoms. The van der Waals surface area contributed by atoms with Crippen LogP contribution in [0.5, 0.6) is 0 Å². The minimum absolute atomic E-state index is 0.0143. The lowest BCUT2D eigenvalue weighted by molar-refractivity contribution is -0.141. The van der Waals surface area contributed by atoms with E-state index in [2.05, 4.69) is 5.32 Å². The first kappa shape index (κ1) is 26.1. The number of nitrogens with one attached hydrogen (secondary N) is 1. The molecule has 1 unspecified atom stereocenters. The number of sulfonamides is 1. The van der Waals surface area contributed by atoms with Gasteiger partial charge in [0.1, 0.15) is 10.9 Å². The van der Waals surface area contributed by atoms with E-state index in [1.165, 1.54) is 24.1 Å². The molecule has 0 spiro atoms. The standard InChI is InChI=1S/C28H29N3O5S/c1-29-27(33)24(19-21-11-4-2-5-12-21)30(20-22-13-6-3-7-14-22)26(32)17-10-18-31-28(34)23-15-8-9-16-25(23)37(31,35)36/h2-9,11-16,24H,10,17-20H2,1H3,(H,29,33). The van der Waals surface area contributed by atoms with Crippen molar-refractivity contribution in [2.24, 2.45) is 0 Å². The molecule has 1 N–H and O–H groups in total. The maximum atomic E-state index is 13.5. The van der Waals surface area contributed by atoms with Crippen molar-refractivity contribution in [1.29, 1.82) is 0 Å². The molecular weight excluding hydrogens is 490 g/mol. The Morgan fingerprint density at radius 3 is 2.11 bits per heavy atom. The Labute approximate surface area is 217 Å². The molecule has 192 valence electrons. The van der Waals surface area contributed by atoms with Crippen molar-refractivity contribution < 1.29 is 22.8 Å². The SMILES string of the molecule is CNC(=O)C(Cc1ccccc1)N(Cc1ccccc1)C(=O)CCCN1C(=O)c2ccccc2S1(=O)=O. The fourth-order valence-electron chi connectivity index (χ4n) is 4.47. The molecule has 0 saturated carbocycles. The second-order valence-corrected chi connectivity index (χ2v) is 10.6. The highest BCUT2D eigenvalue weighted by Crippen LogP contribution is 2.30. The fourth-order valence-corrected chi connectivity index (χ4v) is 6.08. The van der Waals surface area contributed by atoms with Crippen LogP contribution in [0.4, 0.5) is 0 Å². The molecule has 4 rings (SSSR count). The Morgan fingerprint density at radius 1 is 0.892 bits per heavy atom. The summed E-state index contributed by atoms with van der Waals surface area (Å²) in [6, 6.07) is 24.2. The van der Waals surface area contributed by atoms with Gasteiger partial charge in [0.15, 0.2) is 0 Å². The number of likely N-dealkylation sites (N-methyl/N-ethyl adjacent to an activating group) is 1. The first-order valence-electron chi connectivity index (χ1n) is 12.1. The maximum absolute atomic E-state index is 13.5. The number of carbonyl (C=O) groups is 3. The molecule has 1 aliphatic heterocycles. The van der Waals surface area contributed by atoms with Crippen LogP contribution in [-0.2, 0) is 32.6 Å². The summed E-state index contributed by atoms with van der Waals surface area (Å²) in [5.41, 5.74) is 1.92. The molecular formula is C28H29N3O5S. The first-order chi connectivity index (χ1) is 17.8. The zero-order valence-corrected chi connectivity index (χ0v) is 21.4. The van der Waals surface area contributed by atoms with Crippen LogP contribution >= 0.6 is 0 Å². The van der Waals surface area contributed by atoms with E-state index in [0.717, 1.165) is 15.4 Å². The van der Waals surface area contributed by atoms with Crippen LogP contribution in [-0.4, -0.2) is 55.0 Å². The third-order valence-electron chi connectivity index (χ3n) is 6.38. The Morgan fingerprint density at radius 2 is 1.49 bits per heavy atom. The highest BCUT2D eigenvalue weighted by molar-refractivity contribution is 7.90. The summed E-state index contributed by atoms with van der Waals surface area (Å²) in [5, 5.41) is 2.67. The smallest absolute Gasteiger partial charge is 0.269 e. The number of benzene rings is 3. The Kier molecular flexibility index (Phi) is 8.03. The second kappa shape index (κ2) is 11.4. The Bertz CT molecular complexity index is 1380. The van der Waals surface area contributed by atoms with Gasteiger partial charge in [-0.25, -0.2) is 12.7 Å². The molecule has 8 nitrogen and oxygen atoms in total. The monoisotopic (exact) mass is 519 g/mol. The number of amides is 3. The van der Waals surface area contributed by atoms with Gasteiger partial charge in [0.05, 0.1) is 5.56 Å². The summed E-state index contributed by atoms with van der Waals surface area (Å²) in [7, 11) is -2.41. The lowest BCUT2D eigenvalue weighted by Crippen LogP contribution is -2.49. The lowest BCUT2D eigenvalue weighted by atomic mass is 10.0. The molecule has 0 aromatic heterocycles. The van der Waals surface area contributed by atoms with Crippen molar-refractivity contribution in [3.63, 3.8) is 0 Å². The molecule has 3 aromatic carbocycles. The normalized spacial score (nSPS) is 14.6. The van der Waals surface area contributed by atoms with E-state index in [1.54, 1.807) is 12.1 Å². The predicted molar refractivity (Wildman–Crippen MR) is 139 cm³/mol. The van der Waals surface area contributed by atoms with E-state index < -0.39 is 22.0 Å². The van der Waals surface area contributed by atoms with Crippen molar-refractivity contribution in [1.82, 2.24) is 14.5 Å². The van der Waals surface area contributed by atoms with Crippen LogP contribution in [0.3, 0.4) is 0 Å². The van der Waals surface area contributed by atoms with E-state index in [9.17, 15) is 22.8 Å². The molecule has 0 aliphatic carbocycles. The van der Waals surface area contributed by atoms with Gasteiger partial charge in [-0.3, -0.25) is 14.4 Å². The van der Waals surface area contributed by atoms with E-state index in [1.807, 2.05) is 60.7 Å². The number of rotatable bonds is 10. The molecule has 1 atom stereocenters. The van der Waals surface area contributed by atoms with Crippen LogP contribution < -0.4 is 5.32 Å². The summed E-state index contributed by atoms with van der Waals surface area (Å²) in [4.78, 5) is 40.7. The average Bonchev–Trinajstić information content (AvgIpc) is 3.11. The van der Waals surface area contributed by atoms with Crippen molar-refractivity contribution in [3.8, 4) is 0 Å². The zero-order chi connectivity index (χ0) is 26.4. The van der Waals surface area contributed by atoms with Crippen LogP contribution in [0.25, 0.3) is 0 Å². The maximum Gasteiger partial charge on any atom is 0.269 e. The third-order valence-corrected chi connectivity index (χ3v) is 8.22. The van der Waals surface area contributed by atoms with Crippen molar-refractivity contribution >= 4 is 27.7 Å². The van der Waals surface area contributed by atoms with Crippen molar-refractivity contribution in [3.05, 3.63) is 102 Å². The van der Waals surface area contributed by atoms with Gasteiger partial charge >= 0.3 is 0 Å². The zero-order valence-electron chi connectivity index (χ0n) is 20.5. The minimum atomic E-state index is -3.94. The molecule has 0 fully saturated rings. The molecule has 0 radical (unpaired) electrons. The van der Waals surface area contributed by atoms with Crippen molar-refractivity contribution in [2.45, 2.75) is 36.7 Å². The van der Waals surface area contributed by atoms with E-state index >= 15 is 0 Å². The largest absolute Gasteiger partial charge is 0.357 e.